The molecule has 2 aliphatic heterocycles. The van der Waals surface area contributed by atoms with Gasteiger partial charge in [-0.2, -0.15) is 0 Å². The van der Waals surface area contributed by atoms with E-state index >= 15 is 0 Å². The number of aromatic nitrogens is 2. The summed E-state index contributed by atoms with van der Waals surface area (Å²) in [7, 11) is 0. The molecule has 0 spiro atoms. The average molecular weight is 411 g/mol. The molecule has 1 aromatic carbocycles. The maximum atomic E-state index is 14.0. The molecule has 0 bridgehead atoms. The molecule has 0 radical (unpaired) electrons. The average Bonchev–Trinajstić information content (AvgIpc) is 3.09. The van der Waals surface area contributed by atoms with E-state index in [9.17, 15) is 24.2 Å². The molecule has 154 valence electrons. The molecule has 1 atom stereocenters. The SMILES string of the molecule is CC[C@@]1(O)C(=O)OCc2c1cc1n(c2=O)Cc2c-1nc1cc(F)c(N)cc1c2CO. The minimum atomic E-state index is -1.93. The van der Waals surface area contributed by atoms with Crippen molar-refractivity contribution in [2.45, 2.75) is 38.7 Å². The van der Waals surface area contributed by atoms with Crippen molar-refractivity contribution in [1.29, 1.82) is 0 Å². The molecule has 0 saturated heterocycles. The Morgan fingerprint density at radius 3 is 2.77 bits per heavy atom. The van der Waals surface area contributed by atoms with Gasteiger partial charge in [-0.25, -0.2) is 14.2 Å². The Bertz CT molecular complexity index is 1330. The fraction of sp³-hybridized carbons (Fsp3) is 0.286. The zero-order chi connectivity index (χ0) is 21.4. The van der Waals surface area contributed by atoms with Crippen LogP contribution >= 0.6 is 0 Å². The number of cyclic esters (lactones) is 1. The van der Waals surface area contributed by atoms with Gasteiger partial charge in [-0.05, 0) is 24.1 Å². The number of aliphatic hydroxyl groups excluding tert-OH is 1. The highest BCUT2D eigenvalue weighted by Gasteiger charge is 2.45. The number of nitrogen functional groups attached to an aromatic ring is 1. The zero-order valence-corrected chi connectivity index (χ0v) is 16.0. The lowest BCUT2D eigenvalue weighted by Gasteiger charge is -2.31. The van der Waals surface area contributed by atoms with Gasteiger partial charge in [0.15, 0.2) is 5.60 Å². The molecule has 4 heterocycles. The lowest BCUT2D eigenvalue weighted by Crippen LogP contribution is -2.44. The summed E-state index contributed by atoms with van der Waals surface area (Å²) in [4.78, 5) is 29.9. The first-order valence-electron chi connectivity index (χ1n) is 9.48. The van der Waals surface area contributed by atoms with Gasteiger partial charge >= 0.3 is 5.97 Å². The standard InChI is InChI=1S/C21H18FN3O5/c1-2-21(29)13-4-17-18-10(6-25(17)19(27)12(13)8-30-20(21)28)11(7-26)9-3-15(23)14(22)5-16(9)24-18/h3-5,26,29H,2,6-8,23H2,1H3/t21-/m0/s1. The molecule has 9 heteroatoms. The molecule has 8 nitrogen and oxygen atoms in total. The monoisotopic (exact) mass is 411 g/mol. The zero-order valence-electron chi connectivity index (χ0n) is 16.0. The van der Waals surface area contributed by atoms with Crippen molar-refractivity contribution in [2.24, 2.45) is 0 Å². The highest BCUT2D eigenvalue weighted by Crippen LogP contribution is 2.40. The summed E-state index contributed by atoms with van der Waals surface area (Å²) in [6, 6.07) is 4.17. The van der Waals surface area contributed by atoms with Gasteiger partial charge in [0.2, 0.25) is 0 Å². The van der Waals surface area contributed by atoms with E-state index in [0.29, 0.717) is 27.9 Å². The number of hydrogen-bond donors (Lipinski definition) is 3. The van der Waals surface area contributed by atoms with E-state index < -0.39 is 22.9 Å². The number of rotatable bonds is 2. The largest absolute Gasteiger partial charge is 0.458 e. The molecule has 0 fully saturated rings. The molecule has 0 unspecified atom stereocenters. The number of aliphatic hydroxyl groups is 2. The number of benzene rings is 1. The van der Waals surface area contributed by atoms with Crippen LogP contribution < -0.4 is 11.3 Å². The van der Waals surface area contributed by atoms with Crippen molar-refractivity contribution < 1.29 is 24.1 Å². The van der Waals surface area contributed by atoms with Crippen LogP contribution in [0.2, 0.25) is 0 Å². The number of ether oxygens (including phenoxy) is 1. The van der Waals surface area contributed by atoms with E-state index in [1.807, 2.05) is 0 Å². The summed E-state index contributed by atoms with van der Waals surface area (Å²) in [5, 5.41) is 21.4. The predicted octanol–water partition coefficient (Wildman–Crippen LogP) is 1.29. The van der Waals surface area contributed by atoms with Crippen LogP contribution in [-0.2, 0) is 34.9 Å². The quantitative estimate of drug-likeness (QED) is 0.335. The third kappa shape index (κ3) is 2.24. The molecule has 4 N–H and O–H groups in total. The summed E-state index contributed by atoms with van der Waals surface area (Å²) < 4.78 is 20.6. The Morgan fingerprint density at radius 1 is 1.30 bits per heavy atom. The second-order valence-electron chi connectivity index (χ2n) is 7.57. The van der Waals surface area contributed by atoms with Gasteiger partial charge in [0.1, 0.15) is 12.4 Å². The van der Waals surface area contributed by atoms with Gasteiger partial charge in [0.05, 0.1) is 41.3 Å². The van der Waals surface area contributed by atoms with Crippen LogP contribution in [0, 0.1) is 5.82 Å². The molecular weight excluding hydrogens is 393 g/mol. The second-order valence-corrected chi connectivity index (χ2v) is 7.57. The van der Waals surface area contributed by atoms with Gasteiger partial charge in [-0.1, -0.05) is 6.92 Å². The van der Waals surface area contributed by atoms with Crippen LogP contribution in [0.4, 0.5) is 10.1 Å². The van der Waals surface area contributed by atoms with E-state index in [-0.39, 0.29) is 48.5 Å². The molecular formula is C21H18FN3O5. The van der Waals surface area contributed by atoms with Crippen LogP contribution in [0.5, 0.6) is 0 Å². The van der Waals surface area contributed by atoms with Crippen molar-refractivity contribution in [3.8, 4) is 11.4 Å². The molecule has 2 aromatic heterocycles. The number of carbonyl (C=O) groups is 1. The highest BCUT2D eigenvalue weighted by molar-refractivity contribution is 5.90. The normalized spacial score (nSPS) is 19.4. The molecule has 3 aromatic rings. The molecule has 30 heavy (non-hydrogen) atoms. The first-order valence-corrected chi connectivity index (χ1v) is 9.48. The van der Waals surface area contributed by atoms with Crippen LogP contribution in [0.15, 0.2) is 23.0 Å². The Kier molecular flexibility index (Phi) is 3.80. The van der Waals surface area contributed by atoms with Crippen LogP contribution in [0.3, 0.4) is 0 Å². The van der Waals surface area contributed by atoms with Crippen molar-refractivity contribution in [1.82, 2.24) is 9.55 Å². The van der Waals surface area contributed by atoms with Crippen molar-refractivity contribution in [2.75, 3.05) is 5.73 Å². The second kappa shape index (κ2) is 6.10. The summed E-state index contributed by atoms with van der Waals surface area (Å²) in [5.41, 5.74) is 5.89. The fourth-order valence-electron chi connectivity index (χ4n) is 4.38. The summed E-state index contributed by atoms with van der Waals surface area (Å²) in [6.45, 7) is 1.19. The smallest absolute Gasteiger partial charge is 0.343 e. The summed E-state index contributed by atoms with van der Waals surface area (Å²) in [6.07, 6.45) is 0.0338. The van der Waals surface area contributed by atoms with Gasteiger partial charge in [0, 0.05) is 22.6 Å². The van der Waals surface area contributed by atoms with Crippen LogP contribution in [-0.4, -0.2) is 25.7 Å². The number of hydrogen-bond acceptors (Lipinski definition) is 7. The highest BCUT2D eigenvalue weighted by atomic mass is 19.1. The molecule has 5 rings (SSSR count). The Labute approximate surface area is 169 Å². The van der Waals surface area contributed by atoms with Crippen LogP contribution in [0.1, 0.15) is 35.6 Å². The number of esters is 1. The first-order chi connectivity index (χ1) is 14.3. The third-order valence-electron chi connectivity index (χ3n) is 6.08. The van der Waals surface area contributed by atoms with E-state index in [4.69, 9.17) is 10.5 Å². The minimum absolute atomic E-state index is 0.0338. The van der Waals surface area contributed by atoms with Crippen molar-refractivity contribution in [3.05, 3.63) is 56.6 Å². The summed E-state index contributed by atoms with van der Waals surface area (Å²) in [5.74, 6) is -1.44. The molecule has 0 saturated carbocycles. The first kappa shape index (κ1) is 18.7. The third-order valence-corrected chi connectivity index (χ3v) is 6.08. The molecule has 0 amide bonds. The molecule has 0 aliphatic carbocycles. The Morgan fingerprint density at radius 2 is 2.07 bits per heavy atom. The number of nitrogens with two attached hydrogens (primary N) is 1. The fourth-order valence-corrected chi connectivity index (χ4v) is 4.38. The predicted molar refractivity (Wildman–Crippen MR) is 105 cm³/mol. The number of halogens is 1. The van der Waals surface area contributed by atoms with E-state index in [1.54, 1.807) is 13.0 Å². The van der Waals surface area contributed by atoms with E-state index in [2.05, 4.69) is 4.98 Å². The maximum Gasteiger partial charge on any atom is 0.343 e. The Hall–Kier alpha value is -3.30. The van der Waals surface area contributed by atoms with Gasteiger partial charge in [0.25, 0.3) is 5.56 Å². The van der Waals surface area contributed by atoms with Crippen molar-refractivity contribution in [3.63, 3.8) is 0 Å². The number of fused-ring (bicyclic) bond motifs is 5. The van der Waals surface area contributed by atoms with E-state index in [0.717, 1.165) is 0 Å². The lowest BCUT2D eigenvalue weighted by atomic mass is 9.86. The topological polar surface area (TPSA) is 128 Å². The number of nitrogens with zero attached hydrogens (tertiary/aromatic N) is 2. The minimum Gasteiger partial charge on any atom is -0.458 e. The maximum absolute atomic E-state index is 14.0. The summed E-state index contributed by atoms with van der Waals surface area (Å²) >= 11 is 0. The van der Waals surface area contributed by atoms with Gasteiger partial charge in [-0.15, -0.1) is 0 Å². The number of pyridine rings is 2. The molecule has 2 aliphatic rings. The Balaban J connectivity index is 1.84. The lowest BCUT2D eigenvalue weighted by molar-refractivity contribution is -0.172. The van der Waals surface area contributed by atoms with Crippen LogP contribution in [0.25, 0.3) is 22.3 Å². The van der Waals surface area contributed by atoms with E-state index in [1.165, 1.54) is 16.7 Å². The van der Waals surface area contributed by atoms with Gasteiger partial charge < -0.3 is 25.3 Å². The van der Waals surface area contributed by atoms with Crippen molar-refractivity contribution >= 4 is 22.6 Å². The number of anilines is 1. The van der Waals surface area contributed by atoms with Gasteiger partial charge in [-0.3, -0.25) is 4.79 Å². The number of carbonyl (C=O) groups excluding carboxylic acids is 1.